The van der Waals surface area contributed by atoms with Gasteiger partial charge in [0.05, 0.1) is 11.3 Å². The van der Waals surface area contributed by atoms with Crippen molar-refractivity contribution in [2.45, 2.75) is 40.7 Å². The van der Waals surface area contributed by atoms with Crippen molar-refractivity contribution in [2.24, 2.45) is 0 Å². The number of fused-ring (bicyclic) bond motifs is 1. The second-order valence-corrected chi connectivity index (χ2v) is 10.8. The molecule has 8 heteroatoms. The molecule has 0 spiro atoms. The first-order valence-electron chi connectivity index (χ1n) is 13.6. The van der Waals surface area contributed by atoms with Crippen molar-refractivity contribution in [3.05, 3.63) is 76.2 Å². The molecule has 0 saturated carbocycles. The third-order valence-electron chi connectivity index (χ3n) is 7.54. The number of rotatable bonds is 10. The summed E-state index contributed by atoms with van der Waals surface area (Å²) in [6.45, 7) is 14.9. The number of anilines is 1. The lowest BCUT2D eigenvalue weighted by Gasteiger charge is -2.21. The minimum atomic E-state index is -0.0879. The van der Waals surface area contributed by atoms with Crippen LogP contribution in [0.1, 0.15) is 54.9 Å². The van der Waals surface area contributed by atoms with E-state index in [0.717, 1.165) is 70.6 Å². The molecule has 202 valence electrons. The molecule has 0 aliphatic carbocycles. The number of aromatic nitrogens is 3. The molecule has 0 radical (unpaired) electrons. The molecule has 1 aliphatic heterocycles. The van der Waals surface area contributed by atoms with Crippen LogP contribution in [-0.4, -0.2) is 51.9 Å². The third-order valence-corrected chi connectivity index (χ3v) is 8.43. The predicted octanol–water partition coefficient (Wildman–Crippen LogP) is 6.30. The molecule has 0 bridgehead atoms. The number of nitrogens with one attached hydrogen (secondary N) is 3. The van der Waals surface area contributed by atoms with Crippen LogP contribution >= 0.6 is 11.3 Å². The zero-order valence-electron chi connectivity index (χ0n) is 23.3. The Labute approximate surface area is 234 Å². The predicted molar refractivity (Wildman–Crippen MR) is 162 cm³/mol. The quantitative estimate of drug-likeness (QED) is 0.206. The Morgan fingerprint density at radius 3 is 2.72 bits per heavy atom. The summed E-state index contributed by atoms with van der Waals surface area (Å²) in [5, 5.41) is 9.68. The second kappa shape index (κ2) is 11.7. The van der Waals surface area contributed by atoms with Crippen molar-refractivity contribution in [1.29, 1.82) is 0 Å². The molecule has 4 aromatic rings. The van der Waals surface area contributed by atoms with Crippen LogP contribution < -0.4 is 10.6 Å². The maximum absolute atomic E-state index is 13.0. The highest BCUT2D eigenvalue weighted by molar-refractivity contribution is 7.13. The monoisotopic (exact) mass is 540 g/mol. The highest BCUT2D eigenvalue weighted by Gasteiger charge is 2.26. The normalized spacial score (nSPS) is 14.7. The summed E-state index contributed by atoms with van der Waals surface area (Å²) >= 11 is 1.59. The fourth-order valence-electron chi connectivity index (χ4n) is 5.33. The third kappa shape index (κ3) is 5.59. The van der Waals surface area contributed by atoms with Gasteiger partial charge in [-0.1, -0.05) is 19.9 Å². The fraction of sp³-hybridized carbons (Fsp3) is 0.323. The molecule has 1 aliphatic rings. The molecule has 1 unspecified atom stereocenters. The minimum absolute atomic E-state index is 0.0879. The number of pyridine rings is 1. The lowest BCUT2D eigenvalue weighted by atomic mass is 9.99. The average molecular weight is 541 g/mol. The Bertz CT molecular complexity index is 1500. The smallest absolute Gasteiger partial charge is 0.256 e. The van der Waals surface area contributed by atoms with Gasteiger partial charge in [0.15, 0.2) is 0 Å². The van der Waals surface area contributed by atoms with E-state index in [9.17, 15) is 4.79 Å². The van der Waals surface area contributed by atoms with Crippen molar-refractivity contribution in [1.82, 2.24) is 25.2 Å². The van der Waals surface area contributed by atoms with Crippen LogP contribution in [0.2, 0.25) is 0 Å². The molecule has 7 nitrogen and oxygen atoms in total. The number of amides is 1. The topological polar surface area (TPSA) is 85.9 Å². The maximum atomic E-state index is 13.0. The van der Waals surface area contributed by atoms with E-state index < -0.39 is 0 Å². The summed E-state index contributed by atoms with van der Waals surface area (Å²) in [6, 6.07) is 10.2. The molecule has 1 atom stereocenters. The molecule has 3 aromatic heterocycles. The van der Waals surface area contributed by atoms with Gasteiger partial charge in [-0.05, 0) is 75.3 Å². The summed E-state index contributed by atoms with van der Waals surface area (Å²) in [6.07, 6.45) is 5.57. The van der Waals surface area contributed by atoms with Gasteiger partial charge >= 0.3 is 0 Å². The maximum Gasteiger partial charge on any atom is 0.256 e. The largest absolute Gasteiger partial charge is 0.359 e. The van der Waals surface area contributed by atoms with Crippen LogP contribution in [0.4, 0.5) is 5.69 Å². The number of carbonyl (C=O) groups excluding carboxylic acids is 1. The highest BCUT2D eigenvalue weighted by Crippen LogP contribution is 2.38. The SMILES string of the molecule is CCN(CC)CCNC(C)c1c(C)[nH]c(/C=C2\C(=O)Nc3ccc(-c4csc(-c5cccnc5)n4)cc32)c1C. The lowest BCUT2D eigenvalue weighted by molar-refractivity contribution is -0.110. The molecule has 39 heavy (non-hydrogen) atoms. The van der Waals surface area contributed by atoms with Crippen LogP contribution in [0, 0.1) is 13.8 Å². The van der Waals surface area contributed by atoms with Crippen molar-refractivity contribution >= 4 is 34.6 Å². The van der Waals surface area contributed by atoms with E-state index in [0.29, 0.717) is 5.57 Å². The van der Waals surface area contributed by atoms with Crippen LogP contribution in [-0.2, 0) is 4.79 Å². The van der Waals surface area contributed by atoms with Gasteiger partial charge in [0, 0.05) is 70.7 Å². The van der Waals surface area contributed by atoms with Crippen LogP contribution in [0.25, 0.3) is 33.5 Å². The zero-order chi connectivity index (χ0) is 27.5. The Balaban J connectivity index is 1.40. The van der Waals surface area contributed by atoms with E-state index in [1.807, 2.05) is 36.5 Å². The summed E-state index contributed by atoms with van der Waals surface area (Å²) in [7, 11) is 0. The molecule has 0 saturated heterocycles. The molecule has 1 amide bonds. The Kier molecular flexibility index (Phi) is 8.07. The summed E-state index contributed by atoms with van der Waals surface area (Å²) in [4.78, 5) is 28.0. The number of nitrogens with zero attached hydrogens (tertiary/aromatic N) is 3. The highest BCUT2D eigenvalue weighted by atomic mass is 32.1. The van der Waals surface area contributed by atoms with Crippen LogP contribution in [0.3, 0.4) is 0 Å². The van der Waals surface area contributed by atoms with E-state index in [4.69, 9.17) is 4.98 Å². The Morgan fingerprint density at radius 1 is 1.15 bits per heavy atom. The van der Waals surface area contributed by atoms with E-state index in [-0.39, 0.29) is 11.9 Å². The second-order valence-electron chi connectivity index (χ2n) is 9.96. The van der Waals surface area contributed by atoms with E-state index in [1.54, 1.807) is 17.5 Å². The number of likely N-dealkylation sites (N-methyl/N-ethyl adjacent to an activating group) is 1. The van der Waals surface area contributed by atoms with Gasteiger partial charge < -0.3 is 20.5 Å². The molecule has 1 aromatic carbocycles. The van der Waals surface area contributed by atoms with Crippen LogP contribution in [0.15, 0.2) is 48.1 Å². The number of H-pyrrole nitrogens is 1. The van der Waals surface area contributed by atoms with Gasteiger partial charge in [0.2, 0.25) is 0 Å². The number of aryl methyl sites for hydroxylation is 1. The van der Waals surface area contributed by atoms with E-state index >= 15 is 0 Å². The van der Waals surface area contributed by atoms with Gasteiger partial charge in [0.25, 0.3) is 5.91 Å². The first kappa shape index (κ1) is 27.0. The molecule has 4 heterocycles. The first-order valence-corrected chi connectivity index (χ1v) is 14.5. The van der Waals surface area contributed by atoms with E-state index in [1.165, 1.54) is 11.1 Å². The number of benzene rings is 1. The lowest BCUT2D eigenvalue weighted by Crippen LogP contribution is -2.33. The number of carbonyl (C=O) groups is 1. The molecular weight excluding hydrogens is 504 g/mol. The van der Waals surface area contributed by atoms with Gasteiger partial charge in [-0.2, -0.15) is 0 Å². The number of hydrogen-bond donors (Lipinski definition) is 3. The Hall–Kier alpha value is -3.59. The number of aromatic amines is 1. The number of hydrogen-bond acceptors (Lipinski definition) is 6. The Morgan fingerprint density at radius 2 is 1.97 bits per heavy atom. The van der Waals surface area contributed by atoms with Crippen LogP contribution in [0.5, 0.6) is 0 Å². The van der Waals surface area contributed by atoms with Crippen molar-refractivity contribution in [2.75, 3.05) is 31.5 Å². The number of thiazole rings is 1. The van der Waals surface area contributed by atoms with Gasteiger partial charge in [-0.3, -0.25) is 9.78 Å². The van der Waals surface area contributed by atoms with Crippen molar-refractivity contribution < 1.29 is 4.79 Å². The minimum Gasteiger partial charge on any atom is -0.359 e. The van der Waals surface area contributed by atoms with E-state index in [2.05, 4.69) is 71.6 Å². The fourth-order valence-corrected chi connectivity index (χ4v) is 6.15. The summed E-state index contributed by atoms with van der Waals surface area (Å²) in [5.41, 5.74) is 9.77. The molecular formula is C31H36N6OS. The van der Waals surface area contributed by atoms with Gasteiger partial charge in [0.1, 0.15) is 5.01 Å². The first-order chi connectivity index (χ1) is 18.9. The van der Waals surface area contributed by atoms with Crippen molar-refractivity contribution in [3.8, 4) is 21.8 Å². The van der Waals surface area contributed by atoms with Crippen molar-refractivity contribution in [3.63, 3.8) is 0 Å². The van der Waals surface area contributed by atoms with Gasteiger partial charge in [-0.25, -0.2) is 4.98 Å². The molecule has 5 rings (SSSR count). The molecule has 3 N–H and O–H groups in total. The summed E-state index contributed by atoms with van der Waals surface area (Å²) < 4.78 is 0. The van der Waals surface area contributed by atoms with Gasteiger partial charge in [-0.15, -0.1) is 11.3 Å². The molecule has 0 fully saturated rings. The average Bonchev–Trinajstić information content (AvgIpc) is 3.63. The standard InChI is InChI=1S/C31H36N6OS/c1-6-37(7-2)14-13-33-20(4)29-19(3)27(34-21(29)5)16-25-24-15-22(10-11-26(24)35-30(25)38)28-18-39-31(36-28)23-9-8-12-32-17-23/h8-12,15-18,20,33-34H,6-7,13-14H2,1-5H3,(H,35,38)/b25-16-. The summed E-state index contributed by atoms with van der Waals surface area (Å²) in [5.74, 6) is -0.0879. The zero-order valence-corrected chi connectivity index (χ0v) is 24.1.